The Morgan fingerprint density at radius 2 is 2.29 bits per heavy atom. The zero-order valence-electron chi connectivity index (χ0n) is 12.1. The van der Waals surface area contributed by atoms with Gasteiger partial charge in [-0.3, -0.25) is 4.79 Å². The van der Waals surface area contributed by atoms with Crippen LogP contribution in [-0.4, -0.2) is 39.6 Å². The monoisotopic (exact) mass is 323 g/mol. The van der Waals surface area contributed by atoms with Gasteiger partial charge in [-0.05, 0) is 32.0 Å². The fraction of sp³-hybridized carbons (Fsp3) is 0.333. The van der Waals surface area contributed by atoms with Crippen LogP contribution in [0.25, 0.3) is 11.0 Å². The molecule has 21 heavy (non-hydrogen) atoms. The molecule has 0 aliphatic heterocycles. The molecule has 112 valence electrons. The fourth-order valence-corrected chi connectivity index (χ4v) is 2.91. The summed E-state index contributed by atoms with van der Waals surface area (Å²) in [4.78, 5) is 21.5. The molecule has 1 N–H and O–H groups in total. The van der Waals surface area contributed by atoms with E-state index in [1.54, 1.807) is 11.0 Å². The smallest absolute Gasteiger partial charge is 0.233 e. The highest BCUT2D eigenvalue weighted by atomic mass is 35.5. The standard InChI is InChI=1S/C15H18ClN3OS/c1-4-19(8-10(2)3)14(20)9-21-15-17-12-6-5-11(16)7-13(12)18-15/h5-7H,2,4,8-9H2,1,3H3,(H,17,18). The van der Waals surface area contributed by atoms with Gasteiger partial charge in [-0.25, -0.2) is 4.98 Å². The van der Waals surface area contributed by atoms with Gasteiger partial charge in [0.1, 0.15) is 0 Å². The second-order valence-electron chi connectivity index (χ2n) is 4.86. The predicted molar refractivity (Wildman–Crippen MR) is 88.9 cm³/mol. The Labute approximate surface area is 133 Å². The second-order valence-corrected chi connectivity index (χ2v) is 6.26. The number of imidazole rings is 1. The molecule has 1 aromatic heterocycles. The lowest BCUT2D eigenvalue weighted by molar-refractivity contribution is -0.127. The number of nitrogens with zero attached hydrogens (tertiary/aromatic N) is 2. The van der Waals surface area contributed by atoms with Crippen molar-refractivity contribution in [2.45, 2.75) is 19.0 Å². The number of carbonyl (C=O) groups excluding carboxylic acids is 1. The Bertz CT molecular complexity index is 668. The number of aromatic amines is 1. The minimum atomic E-state index is 0.0870. The van der Waals surface area contributed by atoms with Gasteiger partial charge < -0.3 is 9.88 Å². The molecule has 4 nitrogen and oxygen atoms in total. The molecule has 0 radical (unpaired) electrons. The minimum absolute atomic E-state index is 0.0870. The Morgan fingerprint density at radius 3 is 2.95 bits per heavy atom. The van der Waals surface area contributed by atoms with Crippen molar-refractivity contribution in [3.05, 3.63) is 35.4 Å². The van der Waals surface area contributed by atoms with Crippen molar-refractivity contribution in [2.75, 3.05) is 18.8 Å². The van der Waals surface area contributed by atoms with Crippen LogP contribution in [0.3, 0.4) is 0 Å². The van der Waals surface area contributed by atoms with E-state index in [9.17, 15) is 4.79 Å². The molecule has 1 aromatic carbocycles. The SMILES string of the molecule is C=C(C)CN(CC)C(=O)CSc1nc2ccc(Cl)cc2[nH]1. The quantitative estimate of drug-likeness (QED) is 0.651. The summed E-state index contributed by atoms with van der Waals surface area (Å²) in [7, 11) is 0. The van der Waals surface area contributed by atoms with E-state index in [1.165, 1.54) is 11.8 Å². The average Bonchev–Trinajstić information content (AvgIpc) is 2.83. The number of carbonyl (C=O) groups is 1. The minimum Gasteiger partial charge on any atom is -0.338 e. The van der Waals surface area contributed by atoms with Crippen molar-refractivity contribution in [3.63, 3.8) is 0 Å². The number of hydrogen-bond donors (Lipinski definition) is 1. The Kier molecular flexibility index (Phi) is 5.31. The van der Waals surface area contributed by atoms with Crippen molar-refractivity contribution < 1.29 is 4.79 Å². The van der Waals surface area contributed by atoms with Crippen LogP contribution >= 0.6 is 23.4 Å². The Morgan fingerprint density at radius 1 is 1.52 bits per heavy atom. The molecule has 0 aliphatic carbocycles. The van der Waals surface area contributed by atoms with Crippen molar-refractivity contribution >= 4 is 40.3 Å². The number of amides is 1. The molecular weight excluding hydrogens is 306 g/mol. The third-order valence-electron chi connectivity index (χ3n) is 2.95. The van der Waals surface area contributed by atoms with E-state index in [0.29, 0.717) is 23.9 Å². The Hall–Kier alpha value is -1.46. The van der Waals surface area contributed by atoms with Crippen LogP contribution in [0.4, 0.5) is 0 Å². The molecule has 0 saturated carbocycles. The molecule has 0 aliphatic rings. The van der Waals surface area contributed by atoms with Crippen LogP contribution in [0.5, 0.6) is 0 Å². The number of benzene rings is 1. The number of rotatable bonds is 6. The molecule has 1 heterocycles. The van der Waals surface area contributed by atoms with E-state index >= 15 is 0 Å². The molecule has 2 aromatic rings. The van der Waals surface area contributed by atoms with E-state index in [0.717, 1.165) is 21.8 Å². The van der Waals surface area contributed by atoms with Crippen molar-refractivity contribution in [1.29, 1.82) is 0 Å². The number of halogens is 1. The number of likely N-dealkylation sites (N-methyl/N-ethyl adjacent to an activating group) is 1. The van der Waals surface area contributed by atoms with Crippen LogP contribution in [0.15, 0.2) is 35.5 Å². The average molecular weight is 324 g/mol. The molecular formula is C15H18ClN3OS. The van der Waals surface area contributed by atoms with Crippen LogP contribution in [0.2, 0.25) is 5.02 Å². The normalized spacial score (nSPS) is 10.8. The molecule has 1 amide bonds. The molecule has 0 spiro atoms. The van der Waals surface area contributed by atoms with Gasteiger partial charge in [-0.2, -0.15) is 0 Å². The largest absolute Gasteiger partial charge is 0.338 e. The number of thioether (sulfide) groups is 1. The third-order valence-corrected chi connectivity index (χ3v) is 4.04. The summed E-state index contributed by atoms with van der Waals surface area (Å²) in [5, 5.41) is 1.39. The first kappa shape index (κ1) is 15.9. The molecule has 0 fully saturated rings. The van der Waals surface area contributed by atoms with Gasteiger partial charge in [0.05, 0.1) is 16.8 Å². The van der Waals surface area contributed by atoms with Gasteiger partial charge in [0.2, 0.25) is 5.91 Å². The van der Waals surface area contributed by atoms with Crippen LogP contribution in [0, 0.1) is 0 Å². The van der Waals surface area contributed by atoms with Crippen molar-refractivity contribution in [3.8, 4) is 0 Å². The number of nitrogens with one attached hydrogen (secondary N) is 1. The number of fused-ring (bicyclic) bond motifs is 1. The summed E-state index contributed by atoms with van der Waals surface area (Å²) in [6.45, 7) is 9.02. The third kappa shape index (κ3) is 4.25. The van der Waals surface area contributed by atoms with Crippen LogP contribution in [0.1, 0.15) is 13.8 Å². The zero-order valence-corrected chi connectivity index (χ0v) is 13.7. The zero-order chi connectivity index (χ0) is 15.4. The van der Waals surface area contributed by atoms with Gasteiger partial charge in [0.15, 0.2) is 5.16 Å². The molecule has 6 heteroatoms. The first-order chi connectivity index (χ1) is 9.99. The maximum atomic E-state index is 12.2. The van der Waals surface area contributed by atoms with Gasteiger partial charge in [-0.1, -0.05) is 35.5 Å². The molecule has 0 saturated heterocycles. The maximum Gasteiger partial charge on any atom is 0.233 e. The summed E-state index contributed by atoms with van der Waals surface area (Å²) in [6.07, 6.45) is 0. The number of H-pyrrole nitrogens is 1. The lowest BCUT2D eigenvalue weighted by Gasteiger charge is -2.20. The molecule has 0 bridgehead atoms. The number of aromatic nitrogens is 2. The maximum absolute atomic E-state index is 12.2. The number of hydrogen-bond acceptors (Lipinski definition) is 3. The van der Waals surface area contributed by atoms with E-state index in [1.807, 2.05) is 26.0 Å². The highest BCUT2D eigenvalue weighted by Gasteiger charge is 2.13. The van der Waals surface area contributed by atoms with Gasteiger partial charge >= 0.3 is 0 Å². The molecule has 0 atom stereocenters. The van der Waals surface area contributed by atoms with E-state index in [-0.39, 0.29) is 5.91 Å². The summed E-state index contributed by atoms with van der Waals surface area (Å²) in [5.41, 5.74) is 2.71. The highest BCUT2D eigenvalue weighted by Crippen LogP contribution is 2.22. The van der Waals surface area contributed by atoms with E-state index in [4.69, 9.17) is 11.6 Å². The van der Waals surface area contributed by atoms with Gasteiger partial charge in [0, 0.05) is 18.1 Å². The summed E-state index contributed by atoms with van der Waals surface area (Å²) >= 11 is 7.34. The van der Waals surface area contributed by atoms with Gasteiger partial charge in [-0.15, -0.1) is 0 Å². The van der Waals surface area contributed by atoms with E-state index < -0.39 is 0 Å². The molecule has 2 rings (SSSR count). The highest BCUT2D eigenvalue weighted by molar-refractivity contribution is 7.99. The predicted octanol–water partition coefficient (Wildman–Crippen LogP) is 3.73. The van der Waals surface area contributed by atoms with Crippen molar-refractivity contribution in [1.82, 2.24) is 14.9 Å². The van der Waals surface area contributed by atoms with Crippen molar-refractivity contribution in [2.24, 2.45) is 0 Å². The topological polar surface area (TPSA) is 49.0 Å². The first-order valence-electron chi connectivity index (χ1n) is 6.69. The van der Waals surface area contributed by atoms with E-state index in [2.05, 4.69) is 16.5 Å². The lowest BCUT2D eigenvalue weighted by Crippen LogP contribution is -2.33. The lowest BCUT2D eigenvalue weighted by atomic mass is 10.3. The summed E-state index contributed by atoms with van der Waals surface area (Å²) < 4.78 is 0. The van der Waals surface area contributed by atoms with Crippen LogP contribution in [-0.2, 0) is 4.79 Å². The van der Waals surface area contributed by atoms with Gasteiger partial charge in [0.25, 0.3) is 0 Å². The first-order valence-corrected chi connectivity index (χ1v) is 8.06. The summed E-state index contributed by atoms with van der Waals surface area (Å²) in [6, 6.07) is 5.49. The van der Waals surface area contributed by atoms with Crippen LogP contribution < -0.4 is 0 Å². The summed E-state index contributed by atoms with van der Waals surface area (Å²) in [5.74, 6) is 0.443. The molecule has 0 unspecified atom stereocenters. The second kappa shape index (κ2) is 7.00. The fourth-order valence-electron chi connectivity index (χ4n) is 1.95. The Balaban J connectivity index is 2.00.